The number of aliphatic hydroxyl groups is 1. The van der Waals surface area contributed by atoms with Crippen molar-refractivity contribution >= 4 is 22.7 Å². The molecule has 1 atom stereocenters. The first-order valence-electron chi connectivity index (χ1n) is 9.37. The fourth-order valence-electron chi connectivity index (χ4n) is 3.59. The summed E-state index contributed by atoms with van der Waals surface area (Å²) in [6.45, 7) is 3.21. The zero-order chi connectivity index (χ0) is 22.0. The molecule has 2 aromatic carbocycles. The first kappa shape index (κ1) is 21.4. The van der Waals surface area contributed by atoms with Gasteiger partial charge >= 0.3 is 0 Å². The summed E-state index contributed by atoms with van der Waals surface area (Å²) in [5.41, 5.74) is 1.49. The Kier molecular flexibility index (Phi) is 6.17. The van der Waals surface area contributed by atoms with E-state index in [0.29, 0.717) is 16.6 Å². The number of nitrogens with zero attached hydrogens (tertiary/aromatic N) is 1. The zero-order valence-electron chi connectivity index (χ0n) is 16.8. The summed E-state index contributed by atoms with van der Waals surface area (Å²) < 4.78 is 34.1. The van der Waals surface area contributed by atoms with Gasteiger partial charge in [0, 0.05) is 29.3 Å². The van der Waals surface area contributed by atoms with E-state index in [1.807, 2.05) is 0 Å². The second-order valence-electron chi connectivity index (χ2n) is 6.89. The topological polar surface area (TPSA) is 80.6 Å². The maximum atomic E-state index is 14.5. The van der Waals surface area contributed by atoms with Gasteiger partial charge in [-0.3, -0.25) is 14.2 Å². The summed E-state index contributed by atoms with van der Waals surface area (Å²) in [5.74, 6) is -2.65. The normalized spacial score (nSPS) is 12.1. The molecule has 1 amide bonds. The summed E-state index contributed by atoms with van der Waals surface area (Å²) in [6.07, 6.45) is 0. The van der Waals surface area contributed by atoms with Crippen LogP contribution in [0.4, 0.5) is 8.78 Å². The molecule has 2 N–H and O–H groups in total. The smallest absolute Gasteiger partial charge is 0.262 e. The Bertz CT molecular complexity index is 1110. The van der Waals surface area contributed by atoms with Crippen LogP contribution in [-0.4, -0.2) is 41.7 Å². The molecule has 0 spiro atoms. The lowest BCUT2D eigenvalue weighted by Gasteiger charge is -2.13. The SMILES string of the molecule is COc1cc2c(C(C)C(=O)NCCO)c(C)n(C(=O)c3ccc(F)cc3)c2cc1F. The highest BCUT2D eigenvalue weighted by Gasteiger charge is 2.27. The lowest BCUT2D eigenvalue weighted by Crippen LogP contribution is -2.30. The van der Waals surface area contributed by atoms with E-state index in [2.05, 4.69) is 5.32 Å². The molecule has 3 rings (SSSR count). The van der Waals surface area contributed by atoms with Crippen LogP contribution in [0.3, 0.4) is 0 Å². The molecular weight excluding hydrogens is 394 g/mol. The van der Waals surface area contributed by atoms with E-state index in [1.165, 1.54) is 48.1 Å². The van der Waals surface area contributed by atoms with Crippen molar-refractivity contribution in [2.75, 3.05) is 20.3 Å². The van der Waals surface area contributed by atoms with E-state index < -0.39 is 23.5 Å². The van der Waals surface area contributed by atoms with Gasteiger partial charge in [0.1, 0.15) is 5.82 Å². The molecule has 0 saturated carbocycles. The van der Waals surface area contributed by atoms with Crippen LogP contribution in [0, 0.1) is 18.6 Å². The predicted molar refractivity (Wildman–Crippen MR) is 108 cm³/mol. The standard InChI is InChI=1S/C22H22F2N2O4/c1-12(21(28)25-8-9-27)20-13(2)26(22(29)14-4-6-15(23)7-5-14)18-11-17(24)19(30-3)10-16(18)20/h4-7,10-12,27H,8-9H2,1-3H3,(H,25,28). The summed E-state index contributed by atoms with van der Waals surface area (Å²) in [5, 5.41) is 12.1. The molecule has 0 bridgehead atoms. The Labute approximate surface area is 172 Å². The average Bonchev–Trinajstić information content (AvgIpc) is 3.01. The van der Waals surface area contributed by atoms with E-state index in [4.69, 9.17) is 9.84 Å². The molecule has 0 aliphatic carbocycles. The fourth-order valence-corrected chi connectivity index (χ4v) is 3.59. The van der Waals surface area contributed by atoms with Crippen molar-refractivity contribution < 1.29 is 28.2 Å². The van der Waals surface area contributed by atoms with E-state index >= 15 is 0 Å². The molecule has 0 aliphatic heterocycles. The highest BCUT2D eigenvalue weighted by Crippen LogP contribution is 2.36. The van der Waals surface area contributed by atoms with Crippen molar-refractivity contribution in [3.8, 4) is 5.75 Å². The minimum absolute atomic E-state index is 0.0157. The predicted octanol–water partition coefficient (Wildman–Crippen LogP) is 3.14. The van der Waals surface area contributed by atoms with Gasteiger partial charge in [-0.1, -0.05) is 0 Å². The first-order chi connectivity index (χ1) is 14.3. The fraction of sp³-hybridized carbons (Fsp3) is 0.273. The van der Waals surface area contributed by atoms with Crippen molar-refractivity contribution in [3.05, 3.63) is 64.9 Å². The van der Waals surface area contributed by atoms with Crippen molar-refractivity contribution in [1.29, 1.82) is 0 Å². The average molecular weight is 416 g/mol. The molecule has 30 heavy (non-hydrogen) atoms. The molecule has 1 unspecified atom stereocenters. The number of fused-ring (bicyclic) bond motifs is 1. The summed E-state index contributed by atoms with van der Waals surface area (Å²) in [6, 6.07) is 7.68. The van der Waals surface area contributed by atoms with Gasteiger partial charge in [-0.15, -0.1) is 0 Å². The van der Waals surface area contributed by atoms with Crippen LogP contribution in [0.5, 0.6) is 5.75 Å². The third-order valence-electron chi connectivity index (χ3n) is 5.06. The monoisotopic (exact) mass is 416 g/mol. The first-order valence-corrected chi connectivity index (χ1v) is 9.37. The lowest BCUT2D eigenvalue weighted by molar-refractivity contribution is -0.122. The molecule has 8 heteroatoms. The number of carbonyl (C=O) groups is 2. The van der Waals surface area contributed by atoms with Gasteiger partial charge in [-0.2, -0.15) is 0 Å². The van der Waals surface area contributed by atoms with E-state index in [-0.39, 0.29) is 35.9 Å². The van der Waals surface area contributed by atoms with E-state index in [1.54, 1.807) is 13.8 Å². The maximum absolute atomic E-state index is 14.5. The number of halogens is 2. The lowest BCUT2D eigenvalue weighted by atomic mass is 9.97. The van der Waals surface area contributed by atoms with Gasteiger partial charge < -0.3 is 15.2 Å². The largest absolute Gasteiger partial charge is 0.494 e. The molecule has 1 aromatic heterocycles. The van der Waals surface area contributed by atoms with Crippen molar-refractivity contribution in [1.82, 2.24) is 9.88 Å². The van der Waals surface area contributed by atoms with Crippen molar-refractivity contribution in [2.45, 2.75) is 19.8 Å². The Balaban J connectivity index is 2.23. The molecule has 1 heterocycles. The van der Waals surface area contributed by atoms with Gasteiger partial charge in [-0.25, -0.2) is 8.78 Å². The van der Waals surface area contributed by atoms with Crippen molar-refractivity contribution in [2.24, 2.45) is 0 Å². The second kappa shape index (κ2) is 8.62. The highest BCUT2D eigenvalue weighted by atomic mass is 19.1. The zero-order valence-corrected chi connectivity index (χ0v) is 16.8. The molecule has 3 aromatic rings. The highest BCUT2D eigenvalue weighted by molar-refractivity contribution is 6.05. The number of aromatic nitrogens is 1. The molecule has 158 valence electrons. The summed E-state index contributed by atoms with van der Waals surface area (Å²) >= 11 is 0. The number of hydrogen-bond donors (Lipinski definition) is 2. The maximum Gasteiger partial charge on any atom is 0.262 e. The third kappa shape index (κ3) is 3.78. The minimum Gasteiger partial charge on any atom is -0.494 e. The van der Waals surface area contributed by atoms with Gasteiger partial charge in [0.15, 0.2) is 11.6 Å². The van der Waals surface area contributed by atoms with Crippen LogP contribution in [0.1, 0.15) is 34.5 Å². The number of amides is 1. The van der Waals surface area contributed by atoms with Crippen LogP contribution in [-0.2, 0) is 4.79 Å². The number of nitrogens with one attached hydrogen (secondary N) is 1. The molecule has 0 saturated heterocycles. The van der Waals surface area contributed by atoms with Crippen LogP contribution < -0.4 is 10.1 Å². The molecule has 6 nitrogen and oxygen atoms in total. The number of aliphatic hydroxyl groups excluding tert-OH is 1. The van der Waals surface area contributed by atoms with Crippen molar-refractivity contribution in [3.63, 3.8) is 0 Å². The van der Waals surface area contributed by atoms with Gasteiger partial charge in [0.2, 0.25) is 5.91 Å². The Morgan fingerprint density at radius 1 is 1.20 bits per heavy atom. The van der Waals surface area contributed by atoms with Gasteiger partial charge in [-0.05, 0) is 49.7 Å². The number of methoxy groups -OCH3 is 1. The Hall–Kier alpha value is -3.26. The Morgan fingerprint density at radius 3 is 2.47 bits per heavy atom. The molecular formula is C22H22F2N2O4. The third-order valence-corrected chi connectivity index (χ3v) is 5.06. The Morgan fingerprint density at radius 2 is 1.87 bits per heavy atom. The van der Waals surface area contributed by atoms with Crippen LogP contribution in [0.15, 0.2) is 36.4 Å². The number of hydrogen-bond acceptors (Lipinski definition) is 4. The van der Waals surface area contributed by atoms with Crippen LogP contribution in [0.25, 0.3) is 10.9 Å². The number of benzene rings is 2. The number of rotatable bonds is 6. The summed E-state index contributed by atoms with van der Waals surface area (Å²) in [7, 11) is 1.33. The van der Waals surface area contributed by atoms with Crippen LogP contribution in [0.2, 0.25) is 0 Å². The van der Waals surface area contributed by atoms with Gasteiger partial charge in [0.05, 0.1) is 25.2 Å². The van der Waals surface area contributed by atoms with E-state index in [9.17, 15) is 18.4 Å². The van der Waals surface area contributed by atoms with Gasteiger partial charge in [0.25, 0.3) is 5.91 Å². The minimum atomic E-state index is -0.684. The molecule has 0 radical (unpaired) electrons. The molecule has 0 aliphatic rings. The second-order valence-corrected chi connectivity index (χ2v) is 6.89. The number of carbonyl (C=O) groups excluding carboxylic acids is 2. The summed E-state index contributed by atoms with van der Waals surface area (Å²) in [4.78, 5) is 25.7. The quantitative estimate of drug-likeness (QED) is 0.647. The van der Waals surface area contributed by atoms with Crippen LogP contribution >= 0.6 is 0 Å². The van der Waals surface area contributed by atoms with E-state index in [0.717, 1.165) is 0 Å². The molecule has 0 fully saturated rings. The number of ether oxygens (including phenoxy) is 1.